The van der Waals surface area contributed by atoms with Gasteiger partial charge in [0.2, 0.25) is 17.6 Å². The average Bonchev–Trinajstić information content (AvgIpc) is 3.17. The van der Waals surface area contributed by atoms with Crippen molar-refractivity contribution in [3.05, 3.63) is 65.5 Å². The average molecular weight is 364 g/mol. The van der Waals surface area contributed by atoms with E-state index < -0.39 is 0 Å². The summed E-state index contributed by atoms with van der Waals surface area (Å²) >= 11 is 0. The van der Waals surface area contributed by atoms with Crippen LogP contribution >= 0.6 is 0 Å². The summed E-state index contributed by atoms with van der Waals surface area (Å²) in [6, 6.07) is 14.2. The molecule has 0 spiro atoms. The number of benzene rings is 2. The molecule has 0 saturated heterocycles. The highest BCUT2D eigenvalue weighted by molar-refractivity contribution is 5.99. The first-order chi connectivity index (χ1) is 13.0. The van der Waals surface area contributed by atoms with Crippen molar-refractivity contribution in [2.45, 2.75) is 20.3 Å². The molecule has 3 aromatic rings. The van der Waals surface area contributed by atoms with Crippen LogP contribution in [0.3, 0.4) is 0 Å². The first kappa shape index (κ1) is 18.3. The van der Waals surface area contributed by atoms with Crippen LogP contribution in [0.15, 0.2) is 53.1 Å². The predicted octanol–water partition coefficient (Wildman–Crippen LogP) is 2.98. The molecule has 2 aromatic carbocycles. The van der Waals surface area contributed by atoms with Crippen molar-refractivity contribution >= 4 is 17.5 Å². The zero-order valence-electron chi connectivity index (χ0n) is 15.2. The maximum absolute atomic E-state index is 12.2. The topological polar surface area (TPSA) is 97.1 Å². The highest BCUT2D eigenvalue weighted by Crippen LogP contribution is 2.16. The van der Waals surface area contributed by atoms with Crippen LogP contribution in [0.25, 0.3) is 11.4 Å². The van der Waals surface area contributed by atoms with E-state index in [0.29, 0.717) is 29.4 Å². The maximum atomic E-state index is 12.2. The molecule has 0 fully saturated rings. The van der Waals surface area contributed by atoms with E-state index in [-0.39, 0.29) is 18.4 Å². The maximum Gasteiger partial charge on any atom is 0.251 e. The number of aryl methyl sites for hydroxylation is 2. The summed E-state index contributed by atoms with van der Waals surface area (Å²) in [6.07, 6.45) is 0.665. The van der Waals surface area contributed by atoms with Crippen LogP contribution in [0, 0.1) is 6.92 Å². The molecule has 0 radical (unpaired) electrons. The van der Waals surface area contributed by atoms with Gasteiger partial charge in [-0.25, -0.2) is 0 Å². The Hall–Kier alpha value is -3.48. The van der Waals surface area contributed by atoms with E-state index in [4.69, 9.17) is 4.52 Å². The Bertz CT molecular complexity index is 931. The summed E-state index contributed by atoms with van der Waals surface area (Å²) < 4.78 is 5.08. The second-order valence-corrected chi connectivity index (χ2v) is 6.04. The quantitative estimate of drug-likeness (QED) is 0.701. The minimum Gasteiger partial charge on any atom is -0.343 e. The van der Waals surface area contributed by atoms with Gasteiger partial charge in [-0.15, -0.1) is 0 Å². The lowest BCUT2D eigenvalue weighted by molar-refractivity contribution is -0.115. The third-order valence-corrected chi connectivity index (χ3v) is 3.92. The third-order valence-electron chi connectivity index (χ3n) is 3.92. The molecule has 1 aromatic heterocycles. The van der Waals surface area contributed by atoms with Gasteiger partial charge in [-0.3, -0.25) is 9.59 Å². The lowest BCUT2D eigenvalue weighted by Gasteiger charge is -2.07. The number of carbonyl (C=O) groups excluding carboxylic acids is 2. The number of nitrogens with zero attached hydrogens (tertiary/aromatic N) is 2. The summed E-state index contributed by atoms with van der Waals surface area (Å²) in [5.74, 6) is 0.424. The molecule has 0 aliphatic carbocycles. The van der Waals surface area contributed by atoms with Crippen molar-refractivity contribution in [1.82, 2.24) is 15.5 Å². The number of nitrogens with one attached hydrogen (secondary N) is 2. The Labute approximate surface area is 156 Å². The van der Waals surface area contributed by atoms with Gasteiger partial charge in [0.1, 0.15) is 0 Å². The minimum absolute atomic E-state index is 0.112. The van der Waals surface area contributed by atoms with Crippen molar-refractivity contribution < 1.29 is 14.1 Å². The van der Waals surface area contributed by atoms with Crippen LogP contribution < -0.4 is 10.6 Å². The number of hydrogen-bond acceptors (Lipinski definition) is 5. The Morgan fingerprint density at radius 1 is 1.04 bits per heavy atom. The van der Waals surface area contributed by atoms with Crippen LogP contribution in [-0.2, 0) is 11.2 Å². The fourth-order valence-electron chi connectivity index (χ4n) is 2.39. The number of rotatable bonds is 6. The van der Waals surface area contributed by atoms with E-state index in [1.54, 1.807) is 24.3 Å². The molecular formula is C20H20N4O3. The first-order valence-electron chi connectivity index (χ1n) is 8.63. The molecule has 0 aliphatic rings. The van der Waals surface area contributed by atoms with Crippen molar-refractivity contribution in [1.29, 1.82) is 0 Å². The fraction of sp³-hybridized carbons (Fsp3) is 0.200. The van der Waals surface area contributed by atoms with Crippen molar-refractivity contribution in [2.24, 2.45) is 0 Å². The minimum atomic E-state index is -0.331. The highest BCUT2D eigenvalue weighted by atomic mass is 16.5. The molecule has 0 bridgehead atoms. The summed E-state index contributed by atoms with van der Waals surface area (Å²) in [5, 5.41) is 9.23. The smallest absolute Gasteiger partial charge is 0.251 e. The van der Waals surface area contributed by atoms with Gasteiger partial charge in [0.15, 0.2) is 0 Å². The largest absolute Gasteiger partial charge is 0.343 e. The van der Waals surface area contributed by atoms with Crippen molar-refractivity contribution in [3.63, 3.8) is 0 Å². The second-order valence-electron chi connectivity index (χ2n) is 6.04. The van der Waals surface area contributed by atoms with Crippen LogP contribution in [0.4, 0.5) is 5.69 Å². The standard InChI is InChI=1S/C20H20N4O3/c1-3-18-23-19(24-27-18)14-6-8-15(9-7-14)20(26)21-12-17(25)22-16-10-4-13(2)5-11-16/h4-11H,3,12H2,1-2H3,(H,21,26)(H,22,25). The number of hydrogen-bond donors (Lipinski definition) is 2. The van der Waals surface area contributed by atoms with Gasteiger partial charge in [0, 0.05) is 23.2 Å². The second kappa shape index (κ2) is 8.27. The summed E-state index contributed by atoms with van der Waals surface area (Å²) in [4.78, 5) is 28.4. The monoisotopic (exact) mass is 364 g/mol. The van der Waals surface area contributed by atoms with Crippen LogP contribution in [-0.4, -0.2) is 28.5 Å². The molecule has 2 amide bonds. The van der Waals surface area contributed by atoms with Crippen molar-refractivity contribution in [2.75, 3.05) is 11.9 Å². The highest BCUT2D eigenvalue weighted by Gasteiger charge is 2.11. The van der Waals surface area contributed by atoms with Crippen molar-refractivity contribution in [3.8, 4) is 11.4 Å². The van der Waals surface area contributed by atoms with Gasteiger partial charge in [0.05, 0.1) is 6.54 Å². The molecule has 2 N–H and O–H groups in total. The zero-order valence-corrected chi connectivity index (χ0v) is 15.2. The molecular weight excluding hydrogens is 344 g/mol. The Morgan fingerprint density at radius 2 is 1.74 bits per heavy atom. The molecule has 27 heavy (non-hydrogen) atoms. The van der Waals surface area contributed by atoms with E-state index in [9.17, 15) is 9.59 Å². The number of anilines is 1. The molecule has 7 heteroatoms. The predicted molar refractivity (Wildman–Crippen MR) is 101 cm³/mol. The normalized spacial score (nSPS) is 10.4. The zero-order chi connectivity index (χ0) is 19.2. The van der Waals surface area contributed by atoms with Gasteiger partial charge in [-0.05, 0) is 31.2 Å². The fourth-order valence-corrected chi connectivity index (χ4v) is 2.39. The number of carbonyl (C=O) groups is 2. The number of aromatic nitrogens is 2. The number of amides is 2. The van der Waals surface area contributed by atoms with Gasteiger partial charge in [-0.1, -0.05) is 41.9 Å². The Balaban J connectivity index is 1.54. The Morgan fingerprint density at radius 3 is 2.37 bits per heavy atom. The molecule has 0 unspecified atom stereocenters. The summed E-state index contributed by atoms with van der Waals surface area (Å²) in [7, 11) is 0. The molecule has 7 nitrogen and oxygen atoms in total. The van der Waals surface area contributed by atoms with Gasteiger partial charge < -0.3 is 15.2 Å². The molecule has 0 atom stereocenters. The molecule has 0 saturated carbocycles. The summed E-state index contributed by atoms with van der Waals surface area (Å²) in [6.45, 7) is 3.79. The van der Waals surface area contributed by atoms with E-state index >= 15 is 0 Å². The molecule has 0 aliphatic heterocycles. The lowest BCUT2D eigenvalue weighted by atomic mass is 10.1. The van der Waals surface area contributed by atoms with E-state index in [1.165, 1.54) is 0 Å². The van der Waals surface area contributed by atoms with E-state index in [1.807, 2.05) is 38.1 Å². The SMILES string of the molecule is CCc1nc(-c2ccc(C(=O)NCC(=O)Nc3ccc(C)cc3)cc2)no1. The molecule has 138 valence electrons. The Kier molecular flexibility index (Phi) is 5.61. The van der Waals surface area contributed by atoms with Crippen LogP contribution in [0.5, 0.6) is 0 Å². The van der Waals surface area contributed by atoms with Crippen LogP contribution in [0.2, 0.25) is 0 Å². The molecule has 3 rings (SSSR count). The van der Waals surface area contributed by atoms with Gasteiger partial charge in [0.25, 0.3) is 5.91 Å². The third kappa shape index (κ3) is 4.78. The summed E-state index contributed by atoms with van der Waals surface area (Å²) in [5.41, 5.74) is 3.00. The lowest BCUT2D eigenvalue weighted by Crippen LogP contribution is -2.32. The van der Waals surface area contributed by atoms with E-state index in [2.05, 4.69) is 20.8 Å². The van der Waals surface area contributed by atoms with E-state index in [0.717, 1.165) is 11.1 Å². The molecule has 1 heterocycles. The van der Waals surface area contributed by atoms with Gasteiger partial charge >= 0.3 is 0 Å². The van der Waals surface area contributed by atoms with Crippen LogP contribution in [0.1, 0.15) is 28.7 Å². The first-order valence-corrected chi connectivity index (χ1v) is 8.63. The van der Waals surface area contributed by atoms with Gasteiger partial charge in [-0.2, -0.15) is 4.98 Å².